The van der Waals surface area contributed by atoms with Crippen molar-refractivity contribution in [3.05, 3.63) is 16.4 Å². The van der Waals surface area contributed by atoms with Crippen molar-refractivity contribution < 1.29 is 0 Å². The fourth-order valence-corrected chi connectivity index (χ4v) is 2.97. The molecular weight excluding hydrogens is 266 g/mol. The Morgan fingerprint density at radius 3 is 2.88 bits per heavy atom. The van der Waals surface area contributed by atoms with E-state index >= 15 is 0 Å². The number of rotatable bonds is 5. The van der Waals surface area contributed by atoms with E-state index in [-0.39, 0.29) is 0 Å². The minimum atomic E-state index is 0.433. The van der Waals surface area contributed by atoms with Crippen molar-refractivity contribution >= 4 is 15.9 Å². The maximum absolute atomic E-state index is 4.38. The van der Waals surface area contributed by atoms with Crippen molar-refractivity contribution in [1.82, 2.24) is 15.1 Å². The zero-order valence-corrected chi connectivity index (χ0v) is 11.6. The largest absolute Gasteiger partial charge is 0.312 e. The van der Waals surface area contributed by atoms with Gasteiger partial charge in [-0.2, -0.15) is 5.10 Å². The molecule has 1 aromatic heterocycles. The molecule has 16 heavy (non-hydrogen) atoms. The van der Waals surface area contributed by atoms with Gasteiger partial charge in [0.1, 0.15) is 0 Å². The molecule has 1 saturated carbocycles. The molecule has 3 nitrogen and oxygen atoms in total. The van der Waals surface area contributed by atoms with E-state index in [0.717, 1.165) is 16.9 Å². The van der Waals surface area contributed by atoms with Gasteiger partial charge >= 0.3 is 0 Å². The second kappa shape index (κ2) is 5.32. The molecule has 0 bridgehead atoms. The van der Waals surface area contributed by atoms with Crippen LogP contribution in [-0.2, 0) is 6.54 Å². The van der Waals surface area contributed by atoms with E-state index in [1.165, 1.54) is 31.4 Å². The molecule has 1 atom stereocenters. The molecule has 0 saturated heterocycles. The number of aryl methyl sites for hydroxylation is 1. The van der Waals surface area contributed by atoms with Gasteiger partial charge < -0.3 is 5.32 Å². The van der Waals surface area contributed by atoms with E-state index in [1.807, 2.05) is 13.2 Å². The molecular formula is C12H20BrN3. The third kappa shape index (κ3) is 2.33. The van der Waals surface area contributed by atoms with Crippen molar-refractivity contribution in [2.75, 3.05) is 7.05 Å². The maximum Gasteiger partial charge on any atom is 0.0695 e. The smallest absolute Gasteiger partial charge is 0.0695 e. The van der Waals surface area contributed by atoms with Gasteiger partial charge in [0, 0.05) is 6.54 Å². The number of nitrogens with one attached hydrogen (secondary N) is 1. The van der Waals surface area contributed by atoms with Crippen LogP contribution in [0, 0.1) is 5.92 Å². The van der Waals surface area contributed by atoms with Gasteiger partial charge in [0.2, 0.25) is 0 Å². The fraction of sp³-hybridized carbons (Fsp3) is 0.750. The van der Waals surface area contributed by atoms with Crippen LogP contribution in [0.15, 0.2) is 10.7 Å². The topological polar surface area (TPSA) is 29.9 Å². The summed E-state index contributed by atoms with van der Waals surface area (Å²) in [6.07, 6.45) is 7.35. The second-order valence-electron chi connectivity index (χ2n) is 4.57. The molecule has 0 aromatic carbocycles. The Hall–Kier alpha value is -0.350. The summed E-state index contributed by atoms with van der Waals surface area (Å²) in [5.41, 5.74) is 1.30. The van der Waals surface area contributed by atoms with Gasteiger partial charge in [0.15, 0.2) is 0 Å². The van der Waals surface area contributed by atoms with Crippen LogP contribution in [0.25, 0.3) is 0 Å². The summed E-state index contributed by atoms with van der Waals surface area (Å²) in [4.78, 5) is 0. The van der Waals surface area contributed by atoms with Crippen molar-refractivity contribution in [1.29, 1.82) is 0 Å². The van der Waals surface area contributed by atoms with Crippen LogP contribution in [-0.4, -0.2) is 16.8 Å². The zero-order chi connectivity index (χ0) is 11.5. The minimum absolute atomic E-state index is 0.433. The lowest BCUT2D eigenvalue weighted by atomic mass is 9.80. The lowest BCUT2D eigenvalue weighted by Crippen LogP contribution is -2.25. The van der Waals surface area contributed by atoms with Crippen molar-refractivity contribution in [2.45, 2.75) is 45.2 Å². The summed E-state index contributed by atoms with van der Waals surface area (Å²) >= 11 is 3.61. The SMILES string of the molecule is CCn1ncc(Br)c1C(CC1CCC1)NC. The summed E-state index contributed by atoms with van der Waals surface area (Å²) in [5, 5.41) is 7.81. The lowest BCUT2D eigenvalue weighted by molar-refractivity contribution is 0.260. The minimum Gasteiger partial charge on any atom is -0.312 e. The quantitative estimate of drug-likeness (QED) is 0.901. The van der Waals surface area contributed by atoms with Crippen LogP contribution in [0.1, 0.15) is 44.3 Å². The highest BCUT2D eigenvalue weighted by Gasteiger charge is 2.25. The van der Waals surface area contributed by atoms with E-state index in [2.05, 4.69) is 38.0 Å². The number of aromatic nitrogens is 2. The Kier molecular flexibility index (Phi) is 4.03. The van der Waals surface area contributed by atoms with Gasteiger partial charge in [-0.05, 0) is 42.2 Å². The highest BCUT2D eigenvalue weighted by molar-refractivity contribution is 9.10. The van der Waals surface area contributed by atoms with E-state index in [9.17, 15) is 0 Å². The summed E-state index contributed by atoms with van der Waals surface area (Å²) in [6, 6.07) is 0.433. The normalized spacial score (nSPS) is 18.4. The van der Waals surface area contributed by atoms with Gasteiger partial charge in [-0.3, -0.25) is 4.68 Å². The lowest BCUT2D eigenvalue weighted by Gasteiger charge is -2.30. The van der Waals surface area contributed by atoms with Gasteiger partial charge in [0.25, 0.3) is 0 Å². The predicted octanol–water partition coefficient (Wildman–Crippen LogP) is 3.12. The molecule has 1 aliphatic carbocycles. The van der Waals surface area contributed by atoms with Gasteiger partial charge in [0.05, 0.1) is 22.4 Å². The van der Waals surface area contributed by atoms with Crippen molar-refractivity contribution in [2.24, 2.45) is 5.92 Å². The number of halogens is 1. The number of nitrogens with zero attached hydrogens (tertiary/aromatic N) is 2. The van der Waals surface area contributed by atoms with E-state index in [1.54, 1.807) is 0 Å². The first-order valence-electron chi connectivity index (χ1n) is 6.14. The zero-order valence-electron chi connectivity index (χ0n) is 10.0. The molecule has 1 N–H and O–H groups in total. The average molecular weight is 286 g/mol. The monoisotopic (exact) mass is 285 g/mol. The van der Waals surface area contributed by atoms with E-state index < -0.39 is 0 Å². The number of hydrogen-bond donors (Lipinski definition) is 1. The summed E-state index contributed by atoms with van der Waals surface area (Å²) in [6.45, 7) is 3.07. The first kappa shape index (κ1) is 12.1. The van der Waals surface area contributed by atoms with Crippen LogP contribution >= 0.6 is 15.9 Å². The second-order valence-corrected chi connectivity index (χ2v) is 5.42. The Morgan fingerprint density at radius 2 is 2.38 bits per heavy atom. The number of hydrogen-bond acceptors (Lipinski definition) is 2. The highest BCUT2D eigenvalue weighted by Crippen LogP contribution is 2.36. The van der Waals surface area contributed by atoms with Gasteiger partial charge in [-0.15, -0.1) is 0 Å². The molecule has 0 radical (unpaired) electrons. The molecule has 1 heterocycles. The van der Waals surface area contributed by atoms with Crippen LogP contribution in [0.5, 0.6) is 0 Å². The highest BCUT2D eigenvalue weighted by atomic mass is 79.9. The molecule has 1 aliphatic rings. The standard InChI is InChI=1S/C12H20BrN3/c1-3-16-12(10(13)8-15-16)11(14-2)7-9-5-4-6-9/h8-9,11,14H,3-7H2,1-2H3. The Labute approximate surface area is 106 Å². The van der Waals surface area contributed by atoms with Crippen molar-refractivity contribution in [3.8, 4) is 0 Å². The third-order valence-electron chi connectivity index (χ3n) is 3.61. The Morgan fingerprint density at radius 1 is 1.62 bits per heavy atom. The van der Waals surface area contributed by atoms with Crippen LogP contribution in [0.4, 0.5) is 0 Å². The van der Waals surface area contributed by atoms with Gasteiger partial charge in [-0.1, -0.05) is 19.3 Å². The molecule has 4 heteroatoms. The summed E-state index contributed by atoms with van der Waals surface area (Å²) in [5.74, 6) is 0.907. The first-order chi connectivity index (χ1) is 7.76. The van der Waals surface area contributed by atoms with E-state index in [4.69, 9.17) is 0 Å². The molecule has 0 aliphatic heterocycles. The molecule has 1 unspecified atom stereocenters. The van der Waals surface area contributed by atoms with E-state index in [0.29, 0.717) is 6.04 Å². The molecule has 1 aromatic rings. The van der Waals surface area contributed by atoms with Crippen LogP contribution in [0.3, 0.4) is 0 Å². The Bertz CT molecular complexity index is 344. The molecule has 1 fully saturated rings. The fourth-order valence-electron chi connectivity index (χ4n) is 2.40. The van der Waals surface area contributed by atoms with Crippen molar-refractivity contribution in [3.63, 3.8) is 0 Å². The predicted molar refractivity (Wildman–Crippen MR) is 69.4 cm³/mol. The Balaban J connectivity index is 2.13. The van der Waals surface area contributed by atoms with Crippen LogP contribution < -0.4 is 5.32 Å². The average Bonchev–Trinajstić information content (AvgIpc) is 2.59. The molecule has 0 spiro atoms. The summed E-state index contributed by atoms with van der Waals surface area (Å²) in [7, 11) is 2.04. The molecule has 2 rings (SSSR count). The maximum atomic E-state index is 4.38. The third-order valence-corrected chi connectivity index (χ3v) is 4.22. The van der Waals surface area contributed by atoms with Gasteiger partial charge in [-0.25, -0.2) is 0 Å². The molecule has 0 amide bonds. The summed E-state index contributed by atoms with van der Waals surface area (Å²) < 4.78 is 3.22. The first-order valence-corrected chi connectivity index (χ1v) is 6.94. The molecule has 90 valence electrons. The van der Waals surface area contributed by atoms with Crippen LogP contribution in [0.2, 0.25) is 0 Å².